The quantitative estimate of drug-likeness (QED) is 0.252. The molecule has 9 nitrogen and oxygen atoms in total. The van der Waals surface area contributed by atoms with Crippen molar-refractivity contribution in [2.75, 3.05) is 0 Å². The molecule has 1 fully saturated rings. The molecule has 1 saturated heterocycles. The van der Waals surface area contributed by atoms with E-state index in [0.717, 1.165) is 30.6 Å². The zero-order valence-electron chi connectivity index (χ0n) is 20.2. The molecule has 0 bridgehead atoms. The molecule has 2 aliphatic rings. The monoisotopic (exact) mass is 472 g/mol. The van der Waals surface area contributed by atoms with Gasteiger partial charge in [-0.25, -0.2) is 4.79 Å². The maximum absolute atomic E-state index is 13.4. The highest BCUT2D eigenvalue weighted by Crippen LogP contribution is 2.41. The van der Waals surface area contributed by atoms with E-state index < -0.39 is 41.1 Å². The molecule has 0 spiro atoms. The third kappa shape index (κ3) is 5.29. The van der Waals surface area contributed by atoms with Crippen LogP contribution >= 0.6 is 0 Å². The summed E-state index contributed by atoms with van der Waals surface area (Å²) in [5.41, 5.74) is 0.0990. The van der Waals surface area contributed by atoms with Gasteiger partial charge in [-0.15, -0.1) is 0 Å². The number of unbranched alkanes of at least 4 members (excludes halogenated alkanes) is 4. The van der Waals surface area contributed by atoms with Gasteiger partial charge in [0.2, 0.25) is 11.8 Å². The molecule has 2 heterocycles. The zero-order valence-corrected chi connectivity index (χ0v) is 20.2. The second-order valence-corrected chi connectivity index (χ2v) is 9.76. The summed E-state index contributed by atoms with van der Waals surface area (Å²) in [6.45, 7) is 7.81. The van der Waals surface area contributed by atoms with Crippen LogP contribution in [0.1, 0.15) is 105 Å². The van der Waals surface area contributed by atoms with Crippen molar-refractivity contribution in [3.05, 3.63) is 28.8 Å². The zero-order chi connectivity index (χ0) is 25.0. The van der Waals surface area contributed by atoms with Crippen molar-refractivity contribution in [1.29, 1.82) is 0 Å². The van der Waals surface area contributed by atoms with Gasteiger partial charge in [0.05, 0.1) is 12.0 Å². The van der Waals surface area contributed by atoms with E-state index in [1.54, 1.807) is 6.07 Å². The predicted octanol–water partition coefficient (Wildman–Crippen LogP) is 3.58. The highest BCUT2D eigenvalue weighted by molar-refractivity contribution is 6.24. The van der Waals surface area contributed by atoms with E-state index in [1.807, 2.05) is 20.8 Å². The lowest BCUT2D eigenvalue weighted by Gasteiger charge is -2.27. The number of piperidine rings is 1. The van der Waals surface area contributed by atoms with E-state index in [9.17, 15) is 24.0 Å². The molecule has 1 aromatic carbocycles. The standard InChI is InChI=1S/C25H32N2O7/c1-5-6-7-8-9-10-19(29)33-34-21-16(25(2,3)4)12-11-15-20(21)24(32)27(23(15)31)17-13-14-18(28)26-22(17)30/h11-12,17H,5-10,13-14H2,1-4H3,(H,26,28,30). The molecule has 4 amide bonds. The first-order valence-electron chi connectivity index (χ1n) is 11.8. The summed E-state index contributed by atoms with van der Waals surface area (Å²) in [6, 6.07) is 2.08. The summed E-state index contributed by atoms with van der Waals surface area (Å²) < 4.78 is 0. The summed E-state index contributed by atoms with van der Waals surface area (Å²) in [5, 5.41) is 2.17. The Hall–Kier alpha value is -3.23. The normalized spacial score (nSPS) is 18.1. The van der Waals surface area contributed by atoms with Crippen LogP contribution in [0.5, 0.6) is 5.75 Å². The Morgan fingerprint density at radius 2 is 1.76 bits per heavy atom. The lowest BCUT2D eigenvalue weighted by molar-refractivity contribution is -0.214. The van der Waals surface area contributed by atoms with E-state index >= 15 is 0 Å². The Morgan fingerprint density at radius 1 is 1.06 bits per heavy atom. The molecule has 1 N–H and O–H groups in total. The second-order valence-electron chi connectivity index (χ2n) is 9.76. The minimum atomic E-state index is -1.10. The lowest BCUT2D eigenvalue weighted by atomic mass is 9.84. The third-order valence-electron chi connectivity index (χ3n) is 6.07. The largest absolute Gasteiger partial charge is 0.355 e. The first-order valence-corrected chi connectivity index (χ1v) is 11.8. The minimum absolute atomic E-state index is 0.00234. The first-order chi connectivity index (χ1) is 16.1. The van der Waals surface area contributed by atoms with E-state index in [-0.39, 0.29) is 36.1 Å². The topological polar surface area (TPSA) is 119 Å². The molecule has 3 rings (SSSR count). The van der Waals surface area contributed by atoms with Gasteiger partial charge in [-0.1, -0.05) is 59.4 Å². The number of hydrogen-bond donors (Lipinski definition) is 1. The van der Waals surface area contributed by atoms with Crippen LogP contribution in [0, 0.1) is 0 Å². The number of nitrogens with one attached hydrogen (secondary N) is 1. The van der Waals surface area contributed by atoms with Gasteiger partial charge < -0.3 is 0 Å². The highest BCUT2D eigenvalue weighted by Gasteiger charge is 2.47. The van der Waals surface area contributed by atoms with Crippen LogP contribution in [-0.2, 0) is 24.7 Å². The van der Waals surface area contributed by atoms with Crippen molar-refractivity contribution >= 4 is 29.6 Å². The molecule has 2 aliphatic heterocycles. The van der Waals surface area contributed by atoms with Crippen molar-refractivity contribution < 1.29 is 33.7 Å². The fourth-order valence-electron chi connectivity index (χ4n) is 4.21. The second kappa shape index (κ2) is 10.4. The molecule has 1 unspecified atom stereocenters. The maximum Gasteiger partial charge on any atom is 0.355 e. The van der Waals surface area contributed by atoms with Crippen LogP contribution < -0.4 is 10.2 Å². The van der Waals surface area contributed by atoms with Crippen LogP contribution in [0.3, 0.4) is 0 Å². The summed E-state index contributed by atoms with van der Waals surface area (Å²) in [5.74, 6) is -3.07. The van der Waals surface area contributed by atoms with Crippen LogP contribution in [0.15, 0.2) is 12.1 Å². The predicted molar refractivity (Wildman–Crippen MR) is 122 cm³/mol. The van der Waals surface area contributed by atoms with Crippen molar-refractivity contribution in [3.8, 4) is 5.75 Å². The lowest BCUT2D eigenvalue weighted by Crippen LogP contribution is -2.54. The number of carbonyl (C=O) groups is 5. The van der Waals surface area contributed by atoms with E-state index in [4.69, 9.17) is 9.78 Å². The molecular weight excluding hydrogens is 440 g/mol. The minimum Gasteiger partial charge on any atom is -0.295 e. The Kier molecular flexibility index (Phi) is 7.74. The van der Waals surface area contributed by atoms with Gasteiger partial charge in [0, 0.05) is 12.0 Å². The molecule has 0 aliphatic carbocycles. The third-order valence-corrected chi connectivity index (χ3v) is 6.07. The maximum atomic E-state index is 13.4. The Labute approximate surface area is 199 Å². The fraction of sp³-hybridized carbons (Fsp3) is 0.560. The molecule has 0 aromatic heterocycles. The number of benzene rings is 1. The first kappa shape index (κ1) is 25.4. The van der Waals surface area contributed by atoms with Gasteiger partial charge >= 0.3 is 5.97 Å². The van der Waals surface area contributed by atoms with Gasteiger partial charge in [-0.05, 0) is 24.3 Å². The summed E-state index contributed by atoms with van der Waals surface area (Å²) in [6.07, 6.45) is 5.08. The van der Waals surface area contributed by atoms with E-state index in [2.05, 4.69) is 12.2 Å². The smallest absolute Gasteiger partial charge is 0.295 e. The van der Waals surface area contributed by atoms with Crippen LogP contribution in [0.2, 0.25) is 0 Å². The van der Waals surface area contributed by atoms with Crippen molar-refractivity contribution in [2.24, 2.45) is 0 Å². The number of fused-ring (bicyclic) bond motifs is 1. The molecule has 34 heavy (non-hydrogen) atoms. The van der Waals surface area contributed by atoms with Crippen LogP contribution in [-0.4, -0.2) is 40.5 Å². The molecular formula is C25H32N2O7. The highest BCUT2D eigenvalue weighted by atomic mass is 17.2. The van der Waals surface area contributed by atoms with Gasteiger partial charge in [0.1, 0.15) is 11.6 Å². The van der Waals surface area contributed by atoms with Gasteiger partial charge in [0.15, 0.2) is 5.75 Å². The average Bonchev–Trinajstić information content (AvgIpc) is 3.02. The Morgan fingerprint density at radius 3 is 2.41 bits per heavy atom. The number of rotatable bonds is 9. The Bertz CT molecular complexity index is 1010. The molecule has 9 heteroatoms. The summed E-state index contributed by atoms with van der Waals surface area (Å²) in [4.78, 5) is 73.9. The molecule has 1 atom stereocenters. The SMILES string of the molecule is CCCCCCCC(=O)OOc1c(C(C)(C)C)ccc2c1C(=O)N(C1CCC(=O)NC1=O)C2=O. The van der Waals surface area contributed by atoms with Gasteiger partial charge in [-0.2, -0.15) is 0 Å². The van der Waals surface area contributed by atoms with Crippen molar-refractivity contribution in [3.63, 3.8) is 0 Å². The van der Waals surface area contributed by atoms with Crippen molar-refractivity contribution in [2.45, 2.75) is 90.5 Å². The number of imide groups is 2. The average molecular weight is 473 g/mol. The van der Waals surface area contributed by atoms with Gasteiger partial charge in [-0.3, -0.25) is 39.2 Å². The number of amides is 4. The number of nitrogens with zero attached hydrogens (tertiary/aromatic N) is 1. The molecule has 0 radical (unpaired) electrons. The molecule has 184 valence electrons. The van der Waals surface area contributed by atoms with E-state index in [0.29, 0.717) is 12.0 Å². The molecule has 1 aromatic rings. The van der Waals surface area contributed by atoms with E-state index in [1.165, 1.54) is 6.07 Å². The van der Waals surface area contributed by atoms with Crippen LogP contribution in [0.25, 0.3) is 0 Å². The number of hydrogen-bond acceptors (Lipinski definition) is 7. The van der Waals surface area contributed by atoms with Crippen molar-refractivity contribution in [1.82, 2.24) is 10.2 Å². The number of carbonyl (C=O) groups excluding carboxylic acids is 5. The molecule has 0 saturated carbocycles. The Balaban J connectivity index is 1.85. The summed E-state index contributed by atoms with van der Waals surface area (Å²) >= 11 is 0. The summed E-state index contributed by atoms with van der Waals surface area (Å²) in [7, 11) is 0. The van der Waals surface area contributed by atoms with Gasteiger partial charge in [0.25, 0.3) is 11.8 Å². The van der Waals surface area contributed by atoms with Crippen LogP contribution in [0.4, 0.5) is 0 Å². The fourth-order valence-corrected chi connectivity index (χ4v) is 4.21.